The molecule has 116 valence electrons. The van der Waals surface area contributed by atoms with E-state index in [0.29, 0.717) is 44.1 Å². The first-order valence-electron chi connectivity index (χ1n) is 8.45. The molecule has 1 N–H and O–H groups in total. The standard InChI is InChI=1S/C17H25NO3/c1-11-5-12-7-14(20)16-8-13(19)9-18(10-16)4-2-3-17(12,16)15(21)6-11/h11-13,19H,2-10H2,1H3/t11-,12+,13-,16+,17-/m1/s1. The molecule has 4 aliphatic rings. The van der Waals surface area contributed by atoms with Crippen LogP contribution in [0.3, 0.4) is 0 Å². The van der Waals surface area contributed by atoms with Crippen LogP contribution in [0.25, 0.3) is 0 Å². The number of fused-ring (bicyclic) bond motifs is 1. The van der Waals surface area contributed by atoms with Crippen LogP contribution in [0, 0.1) is 22.7 Å². The minimum atomic E-state index is -0.580. The number of hydrogen-bond acceptors (Lipinski definition) is 4. The summed E-state index contributed by atoms with van der Waals surface area (Å²) in [6.45, 7) is 4.43. The molecule has 2 heterocycles. The average molecular weight is 291 g/mol. The van der Waals surface area contributed by atoms with Crippen molar-refractivity contribution in [2.75, 3.05) is 19.6 Å². The lowest BCUT2D eigenvalue weighted by atomic mass is 9.51. The molecular formula is C17H25NO3. The van der Waals surface area contributed by atoms with E-state index in [9.17, 15) is 14.7 Å². The van der Waals surface area contributed by atoms with Gasteiger partial charge in [-0.05, 0) is 44.1 Å². The van der Waals surface area contributed by atoms with Crippen molar-refractivity contribution >= 4 is 11.6 Å². The van der Waals surface area contributed by atoms with Gasteiger partial charge in [0.1, 0.15) is 11.6 Å². The van der Waals surface area contributed by atoms with Crippen molar-refractivity contribution < 1.29 is 14.7 Å². The summed E-state index contributed by atoms with van der Waals surface area (Å²) in [5.41, 5.74) is -1.03. The number of carbonyl (C=O) groups excluding carboxylic acids is 2. The Morgan fingerprint density at radius 3 is 2.86 bits per heavy atom. The summed E-state index contributed by atoms with van der Waals surface area (Å²) in [7, 11) is 0. The first-order valence-corrected chi connectivity index (χ1v) is 8.45. The number of aliphatic hydroxyl groups excluding tert-OH is 1. The molecule has 21 heavy (non-hydrogen) atoms. The predicted molar refractivity (Wildman–Crippen MR) is 77.7 cm³/mol. The van der Waals surface area contributed by atoms with Crippen molar-refractivity contribution in [1.82, 2.24) is 4.90 Å². The van der Waals surface area contributed by atoms with Crippen molar-refractivity contribution in [3.05, 3.63) is 0 Å². The van der Waals surface area contributed by atoms with Crippen LogP contribution in [0.15, 0.2) is 0 Å². The molecule has 4 rings (SSSR count). The Morgan fingerprint density at radius 1 is 1.24 bits per heavy atom. The number of ketones is 2. The van der Waals surface area contributed by atoms with Gasteiger partial charge in [0.2, 0.25) is 0 Å². The number of hydrogen-bond donors (Lipinski definition) is 1. The average Bonchev–Trinajstić information content (AvgIpc) is 2.53. The largest absolute Gasteiger partial charge is 0.392 e. The monoisotopic (exact) mass is 291 g/mol. The lowest BCUT2D eigenvalue weighted by Crippen LogP contribution is -2.60. The summed E-state index contributed by atoms with van der Waals surface area (Å²) in [6.07, 6.45) is 4.10. The second-order valence-electron chi connectivity index (χ2n) is 8.04. The fraction of sp³-hybridized carbons (Fsp3) is 0.882. The van der Waals surface area contributed by atoms with Crippen LogP contribution in [0.1, 0.15) is 45.4 Å². The van der Waals surface area contributed by atoms with Gasteiger partial charge in [0.25, 0.3) is 0 Å². The van der Waals surface area contributed by atoms with Crippen LogP contribution >= 0.6 is 0 Å². The zero-order valence-corrected chi connectivity index (χ0v) is 12.8. The Kier molecular flexibility index (Phi) is 2.90. The maximum absolute atomic E-state index is 13.1. The van der Waals surface area contributed by atoms with Gasteiger partial charge in [-0.3, -0.25) is 14.5 Å². The molecule has 2 spiro atoms. The number of carbonyl (C=O) groups is 2. The van der Waals surface area contributed by atoms with Gasteiger partial charge < -0.3 is 5.11 Å². The van der Waals surface area contributed by atoms with Crippen LogP contribution in [0.5, 0.6) is 0 Å². The molecule has 2 aliphatic carbocycles. The van der Waals surface area contributed by atoms with Crippen molar-refractivity contribution in [3.63, 3.8) is 0 Å². The molecule has 1 unspecified atom stereocenters. The number of Topliss-reactive ketones (excluding diaryl/α,β-unsaturated/α-hetero) is 2. The fourth-order valence-corrected chi connectivity index (χ4v) is 6.22. The second-order valence-corrected chi connectivity index (χ2v) is 8.04. The van der Waals surface area contributed by atoms with Gasteiger partial charge in [0, 0.05) is 31.3 Å². The maximum atomic E-state index is 13.1. The topological polar surface area (TPSA) is 57.6 Å². The van der Waals surface area contributed by atoms with Crippen LogP contribution in [0.4, 0.5) is 0 Å². The molecule has 0 radical (unpaired) electrons. The molecule has 0 aromatic heterocycles. The SMILES string of the molecule is C[C@H]1CC(=O)[C@]23CCCN4C[C@H](O)C[C@]2(C4)C(=O)C[C@@H]3C1. The minimum absolute atomic E-state index is 0.228. The summed E-state index contributed by atoms with van der Waals surface area (Å²) < 4.78 is 0. The first-order chi connectivity index (χ1) is 9.98. The third-order valence-electron chi connectivity index (χ3n) is 6.83. The highest BCUT2D eigenvalue weighted by molar-refractivity contribution is 6.00. The van der Waals surface area contributed by atoms with Gasteiger partial charge in [-0.25, -0.2) is 0 Å². The summed E-state index contributed by atoms with van der Waals surface area (Å²) in [5.74, 6) is 1.23. The molecule has 4 nitrogen and oxygen atoms in total. The third-order valence-corrected chi connectivity index (χ3v) is 6.83. The Bertz CT molecular complexity index is 504. The van der Waals surface area contributed by atoms with E-state index in [1.165, 1.54) is 0 Å². The molecule has 2 saturated carbocycles. The molecule has 0 aromatic carbocycles. The van der Waals surface area contributed by atoms with E-state index in [-0.39, 0.29) is 11.7 Å². The van der Waals surface area contributed by atoms with Crippen LogP contribution < -0.4 is 0 Å². The number of nitrogens with zero attached hydrogens (tertiary/aromatic N) is 1. The highest BCUT2D eigenvalue weighted by Gasteiger charge is 2.70. The molecule has 4 heteroatoms. The summed E-state index contributed by atoms with van der Waals surface area (Å²) in [4.78, 5) is 28.3. The Labute approximate surface area is 125 Å². The molecule has 0 aromatic rings. The normalized spacial score (nSPS) is 53.0. The van der Waals surface area contributed by atoms with Gasteiger partial charge >= 0.3 is 0 Å². The minimum Gasteiger partial charge on any atom is -0.392 e. The van der Waals surface area contributed by atoms with E-state index in [1.807, 2.05) is 0 Å². The van der Waals surface area contributed by atoms with Crippen LogP contribution in [-0.4, -0.2) is 47.3 Å². The van der Waals surface area contributed by atoms with E-state index in [0.717, 1.165) is 25.8 Å². The Morgan fingerprint density at radius 2 is 2.05 bits per heavy atom. The van der Waals surface area contributed by atoms with Crippen LogP contribution in [-0.2, 0) is 9.59 Å². The lowest BCUT2D eigenvalue weighted by molar-refractivity contribution is -0.157. The van der Waals surface area contributed by atoms with E-state index < -0.39 is 16.9 Å². The molecule has 2 aliphatic heterocycles. The molecular weight excluding hydrogens is 266 g/mol. The van der Waals surface area contributed by atoms with Crippen molar-refractivity contribution in [1.29, 1.82) is 0 Å². The lowest BCUT2D eigenvalue weighted by Gasteiger charge is -2.52. The van der Waals surface area contributed by atoms with Gasteiger partial charge in [-0.1, -0.05) is 6.92 Å². The first kappa shape index (κ1) is 13.9. The highest BCUT2D eigenvalue weighted by Crippen LogP contribution is 2.65. The zero-order valence-electron chi connectivity index (χ0n) is 12.8. The Hall–Kier alpha value is -0.740. The number of aliphatic hydroxyl groups is 1. The smallest absolute Gasteiger partial charge is 0.141 e. The fourth-order valence-electron chi connectivity index (χ4n) is 6.22. The summed E-state index contributed by atoms with van der Waals surface area (Å²) >= 11 is 0. The van der Waals surface area contributed by atoms with Crippen LogP contribution in [0.2, 0.25) is 0 Å². The number of piperidine rings is 1. The molecule has 2 bridgehead atoms. The molecule has 4 fully saturated rings. The van der Waals surface area contributed by atoms with E-state index in [1.54, 1.807) is 0 Å². The second kappa shape index (κ2) is 4.39. The third kappa shape index (κ3) is 1.63. The van der Waals surface area contributed by atoms with E-state index >= 15 is 0 Å². The van der Waals surface area contributed by atoms with Crippen molar-refractivity contribution in [2.45, 2.75) is 51.6 Å². The van der Waals surface area contributed by atoms with Gasteiger partial charge in [-0.2, -0.15) is 0 Å². The molecule has 0 amide bonds. The van der Waals surface area contributed by atoms with Crippen molar-refractivity contribution in [3.8, 4) is 0 Å². The Balaban J connectivity index is 1.86. The van der Waals surface area contributed by atoms with Gasteiger partial charge in [0.15, 0.2) is 0 Å². The van der Waals surface area contributed by atoms with E-state index in [2.05, 4.69) is 11.8 Å². The van der Waals surface area contributed by atoms with Crippen molar-refractivity contribution in [2.24, 2.45) is 22.7 Å². The quantitative estimate of drug-likeness (QED) is 0.733. The van der Waals surface area contributed by atoms with E-state index in [4.69, 9.17) is 0 Å². The zero-order chi connectivity index (χ0) is 14.8. The van der Waals surface area contributed by atoms with Gasteiger partial charge in [-0.15, -0.1) is 0 Å². The molecule has 6 atom stereocenters. The summed E-state index contributed by atoms with van der Waals surface area (Å²) in [5, 5.41) is 10.3. The highest BCUT2D eigenvalue weighted by atomic mass is 16.3. The summed E-state index contributed by atoms with van der Waals surface area (Å²) in [6, 6.07) is 0. The maximum Gasteiger partial charge on any atom is 0.141 e. The number of rotatable bonds is 0. The predicted octanol–water partition coefficient (Wildman–Crippen LogP) is 1.41. The van der Waals surface area contributed by atoms with Gasteiger partial charge in [0.05, 0.1) is 11.5 Å². The molecule has 2 saturated heterocycles.